The molecule has 3 aromatic heterocycles. The monoisotopic (exact) mass is 980 g/mol. The first kappa shape index (κ1) is 39.7. The number of fused-ring (bicyclic) bond motifs is 6. The van der Waals surface area contributed by atoms with E-state index in [0.717, 1.165) is 55.1 Å². The summed E-state index contributed by atoms with van der Waals surface area (Å²) >= 11 is 0. The number of hydrogen-bond acceptors (Lipinski definition) is 3. The summed E-state index contributed by atoms with van der Waals surface area (Å²) < 4.78 is 32.0. The third kappa shape index (κ3) is 8.72. The average molecular weight is 980 g/mol. The number of furan rings is 1. The summed E-state index contributed by atoms with van der Waals surface area (Å²) in [7, 11) is 0. The van der Waals surface area contributed by atoms with Crippen LogP contribution in [0.25, 0.3) is 77.1 Å². The van der Waals surface area contributed by atoms with Crippen LogP contribution in [-0.2, 0) is 30.9 Å². The van der Waals surface area contributed by atoms with E-state index >= 15 is 0 Å². The van der Waals surface area contributed by atoms with E-state index < -0.39 is 6.85 Å². The average Bonchev–Trinajstić information content (AvgIpc) is 3.62. The Morgan fingerprint density at radius 3 is 1.97 bits per heavy atom. The summed E-state index contributed by atoms with van der Waals surface area (Å²) in [6.07, 6.45) is 3.40. The van der Waals surface area contributed by atoms with Crippen molar-refractivity contribution in [2.75, 3.05) is 0 Å². The molecular weight excluding hydrogens is 921 g/mol. The predicted molar refractivity (Wildman–Crippen MR) is 255 cm³/mol. The fourth-order valence-electron chi connectivity index (χ4n) is 8.20. The minimum absolute atomic E-state index is 0. The molecule has 0 unspecified atom stereocenters. The standard InChI is InChI=1S/C42H40NO.C15H16N.Ir/c1-24(2)30-11-9-12-31(25(3)4)40(30)34-21-38(43-23-26(34)5)33-14-10-13-32-37-19-28-16-15-27-17-18-29(42(6,7)8)20-35(27)36(28)22-39(37)44-41(32)33;1-15(2,3)13-9-10-16-14(11-13)12-7-5-4-6-8-12;/h9-13,15-25H,1-8H3;4-7,9-11H,1-3H3;/q2*-1;/i5D3;;. The number of nitrogens with zero attached hydrogens (tertiary/aromatic N) is 2. The first-order valence-electron chi connectivity index (χ1n) is 22.6. The summed E-state index contributed by atoms with van der Waals surface area (Å²) in [5.41, 5.74) is 11.9. The van der Waals surface area contributed by atoms with Gasteiger partial charge in [0.15, 0.2) is 0 Å². The molecule has 4 heteroatoms. The summed E-state index contributed by atoms with van der Waals surface area (Å²) in [5.74, 6) is 0.416. The van der Waals surface area contributed by atoms with E-state index in [-0.39, 0.29) is 48.3 Å². The third-order valence-corrected chi connectivity index (χ3v) is 11.7. The van der Waals surface area contributed by atoms with Crippen LogP contribution in [0.4, 0.5) is 0 Å². The van der Waals surface area contributed by atoms with Crippen molar-refractivity contribution in [1.29, 1.82) is 0 Å². The maximum atomic E-state index is 8.44. The molecule has 0 aliphatic rings. The molecular formula is C57H56IrN2O-2. The van der Waals surface area contributed by atoms with E-state index in [0.29, 0.717) is 22.4 Å². The molecule has 9 rings (SSSR count). The fourth-order valence-corrected chi connectivity index (χ4v) is 8.20. The molecule has 1 radical (unpaired) electrons. The van der Waals surface area contributed by atoms with Gasteiger partial charge in [-0.25, -0.2) is 0 Å². The molecule has 0 aliphatic carbocycles. The molecule has 0 saturated heterocycles. The topological polar surface area (TPSA) is 38.9 Å². The van der Waals surface area contributed by atoms with Gasteiger partial charge in [0.25, 0.3) is 0 Å². The van der Waals surface area contributed by atoms with E-state index in [9.17, 15) is 0 Å². The van der Waals surface area contributed by atoms with Gasteiger partial charge < -0.3 is 14.4 Å². The maximum absolute atomic E-state index is 8.44. The van der Waals surface area contributed by atoms with Gasteiger partial charge in [-0.2, -0.15) is 0 Å². The SMILES string of the molecule is CC(C)(C)c1ccnc(-c2[c-]cccc2)c1.[2H]C([2H])([2H])c1cnc(-c2[c-]ccc3c2oc2cc4c(ccc5ccc(C(C)(C)C)cc54)cc23)cc1-c1c(C(C)C)cccc1C(C)C.[Ir]. The zero-order chi connectivity index (χ0) is 45.0. The summed E-state index contributed by atoms with van der Waals surface area (Å²) in [4.78, 5) is 9.14. The van der Waals surface area contributed by atoms with Crippen molar-refractivity contribution >= 4 is 43.5 Å². The zero-order valence-electron chi connectivity index (χ0n) is 39.9. The van der Waals surface area contributed by atoms with Crippen LogP contribution in [-0.4, -0.2) is 9.97 Å². The summed E-state index contributed by atoms with van der Waals surface area (Å²) in [6.45, 7) is 19.6. The van der Waals surface area contributed by atoms with Crippen LogP contribution in [0, 0.1) is 19.0 Å². The van der Waals surface area contributed by atoms with Crippen molar-refractivity contribution in [3.8, 4) is 33.6 Å². The first-order valence-corrected chi connectivity index (χ1v) is 21.1. The molecule has 3 heterocycles. The van der Waals surface area contributed by atoms with Crippen molar-refractivity contribution in [2.45, 2.75) is 98.8 Å². The van der Waals surface area contributed by atoms with Crippen LogP contribution in [0.1, 0.15) is 113 Å². The smallest absolute Gasteiger partial charge is 0.121 e. The second kappa shape index (κ2) is 17.2. The predicted octanol–water partition coefficient (Wildman–Crippen LogP) is 16.1. The minimum Gasteiger partial charge on any atom is -0.501 e. The van der Waals surface area contributed by atoms with Gasteiger partial charge in [-0.1, -0.05) is 135 Å². The molecule has 0 spiro atoms. The van der Waals surface area contributed by atoms with Crippen LogP contribution in [0.3, 0.4) is 0 Å². The number of hydrogen-bond donors (Lipinski definition) is 0. The Kier molecular flexibility index (Phi) is 11.2. The Bertz CT molecular complexity index is 3110. The van der Waals surface area contributed by atoms with Gasteiger partial charge in [-0.3, -0.25) is 0 Å². The molecule has 3 nitrogen and oxygen atoms in total. The maximum Gasteiger partial charge on any atom is 0.121 e. The first-order chi connectivity index (χ1) is 29.8. The largest absolute Gasteiger partial charge is 0.501 e. The van der Waals surface area contributed by atoms with E-state index in [4.69, 9.17) is 13.5 Å². The molecule has 0 saturated carbocycles. The van der Waals surface area contributed by atoms with E-state index in [1.165, 1.54) is 28.1 Å². The fraction of sp³-hybridized carbons (Fsp3) is 0.263. The van der Waals surface area contributed by atoms with Gasteiger partial charge >= 0.3 is 0 Å². The van der Waals surface area contributed by atoms with Gasteiger partial charge in [0.05, 0.1) is 5.58 Å². The number of aromatic nitrogens is 2. The van der Waals surface area contributed by atoms with Gasteiger partial charge in [0.2, 0.25) is 0 Å². The number of pyridine rings is 2. The van der Waals surface area contributed by atoms with E-state index in [2.05, 4.69) is 159 Å². The molecule has 6 aromatic carbocycles. The zero-order valence-corrected chi connectivity index (χ0v) is 39.3. The molecule has 0 N–H and O–H groups in total. The third-order valence-electron chi connectivity index (χ3n) is 11.7. The number of rotatable bonds is 5. The van der Waals surface area contributed by atoms with Crippen LogP contribution in [0.15, 0.2) is 132 Å². The van der Waals surface area contributed by atoms with Crippen molar-refractivity contribution in [2.24, 2.45) is 0 Å². The molecule has 0 bridgehead atoms. The van der Waals surface area contributed by atoms with Crippen LogP contribution in [0.5, 0.6) is 0 Å². The Hall–Kier alpha value is -5.41. The van der Waals surface area contributed by atoms with Crippen LogP contribution >= 0.6 is 0 Å². The molecule has 0 aliphatic heterocycles. The van der Waals surface area contributed by atoms with Gasteiger partial charge in [-0.15, -0.1) is 54.1 Å². The molecule has 0 amide bonds. The molecule has 0 atom stereocenters. The Morgan fingerprint density at radius 1 is 0.607 bits per heavy atom. The minimum atomic E-state index is -2.33. The van der Waals surface area contributed by atoms with Crippen LogP contribution < -0.4 is 0 Å². The Balaban J connectivity index is 0.000000304. The summed E-state index contributed by atoms with van der Waals surface area (Å²) in [6, 6.07) is 46.4. The molecule has 311 valence electrons. The van der Waals surface area contributed by atoms with Crippen molar-refractivity contribution < 1.29 is 28.6 Å². The quantitative estimate of drug-likeness (QED) is 0.127. The number of benzene rings is 6. The van der Waals surface area contributed by atoms with Crippen molar-refractivity contribution in [3.63, 3.8) is 0 Å². The second-order valence-electron chi connectivity index (χ2n) is 18.7. The van der Waals surface area contributed by atoms with E-state index in [1.54, 1.807) is 0 Å². The van der Waals surface area contributed by atoms with E-state index in [1.807, 2.05) is 48.7 Å². The Morgan fingerprint density at radius 2 is 1.30 bits per heavy atom. The second-order valence-corrected chi connectivity index (χ2v) is 18.7. The molecule has 0 fully saturated rings. The summed E-state index contributed by atoms with van der Waals surface area (Å²) in [5, 5.41) is 6.72. The van der Waals surface area contributed by atoms with Crippen LogP contribution in [0.2, 0.25) is 0 Å². The van der Waals surface area contributed by atoms with Crippen molar-refractivity contribution in [3.05, 3.63) is 168 Å². The Labute approximate surface area is 380 Å². The van der Waals surface area contributed by atoms with Gasteiger partial charge in [0.1, 0.15) is 5.58 Å². The molecule has 61 heavy (non-hydrogen) atoms. The normalized spacial score (nSPS) is 13.0. The van der Waals surface area contributed by atoms with Crippen molar-refractivity contribution in [1.82, 2.24) is 9.97 Å². The van der Waals surface area contributed by atoms with Gasteiger partial charge in [0, 0.05) is 42.0 Å². The van der Waals surface area contributed by atoms with Gasteiger partial charge in [-0.05, 0) is 126 Å². The number of aryl methyl sites for hydroxylation is 1. The molecule has 9 aromatic rings.